The molecule has 0 aromatic heterocycles. The Kier molecular flexibility index (Phi) is 18.0. The number of hydrogen-bond donors (Lipinski definition) is 0. The van der Waals surface area contributed by atoms with Crippen LogP contribution in [0.5, 0.6) is 0 Å². The van der Waals surface area contributed by atoms with Crippen molar-refractivity contribution >= 4 is 0 Å². The molecule has 1 atom stereocenters. The summed E-state index contributed by atoms with van der Waals surface area (Å²) in [4.78, 5) is 0. The van der Waals surface area contributed by atoms with Crippen molar-refractivity contribution in [3.05, 3.63) is 0 Å². The second-order valence-corrected chi connectivity index (χ2v) is 6.67. The third-order valence-electron chi connectivity index (χ3n) is 4.54. The first-order valence-electron chi connectivity index (χ1n) is 9.92. The maximum Gasteiger partial charge on any atom is 0.0494 e. The van der Waals surface area contributed by atoms with Crippen molar-refractivity contribution in [2.24, 2.45) is 5.92 Å². The average molecular weight is 299 g/mol. The first-order chi connectivity index (χ1) is 10.3. The van der Waals surface area contributed by atoms with Gasteiger partial charge >= 0.3 is 0 Å². The molecule has 1 nitrogen and oxygen atoms in total. The summed E-state index contributed by atoms with van der Waals surface area (Å²) in [6.45, 7) is 8.84. The number of unbranched alkanes of at least 4 members (excludes halogenated alkanes) is 10. The predicted molar refractivity (Wildman–Crippen MR) is 96.0 cm³/mol. The van der Waals surface area contributed by atoms with E-state index in [0.717, 1.165) is 19.1 Å². The van der Waals surface area contributed by atoms with Crippen molar-refractivity contribution in [2.75, 3.05) is 13.2 Å². The highest BCUT2D eigenvalue weighted by Gasteiger charge is 2.05. The molecular weight excluding hydrogens is 256 g/mol. The maximum atomic E-state index is 5.86. The van der Waals surface area contributed by atoms with Crippen LogP contribution in [0.15, 0.2) is 0 Å². The molecule has 0 aliphatic rings. The third-order valence-corrected chi connectivity index (χ3v) is 4.54. The van der Waals surface area contributed by atoms with Crippen LogP contribution < -0.4 is 0 Å². The molecule has 0 spiro atoms. The molecule has 0 saturated heterocycles. The van der Waals surface area contributed by atoms with Gasteiger partial charge in [-0.2, -0.15) is 0 Å². The summed E-state index contributed by atoms with van der Waals surface area (Å²) in [6.07, 6.45) is 19.3. The second-order valence-electron chi connectivity index (χ2n) is 6.67. The van der Waals surface area contributed by atoms with E-state index in [1.807, 2.05) is 0 Å². The van der Waals surface area contributed by atoms with Gasteiger partial charge in [0.1, 0.15) is 0 Å². The normalized spacial score (nSPS) is 12.7. The Morgan fingerprint density at radius 3 is 1.67 bits per heavy atom. The Morgan fingerprint density at radius 1 is 0.619 bits per heavy atom. The third kappa shape index (κ3) is 16.2. The van der Waals surface area contributed by atoms with Gasteiger partial charge in [-0.3, -0.25) is 0 Å². The van der Waals surface area contributed by atoms with Crippen molar-refractivity contribution in [3.63, 3.8) is 0 Å². The molecular formula is C20H42O. The van der Waals surface area contributed by atoms with Crippen molar-refractivity contribution < 1.29 is 4.74 Å². The zero-order chi connectivity index (χ0) is 15.6. The molecule has 0 heterocycles. The first-order valence-corrected chi connectivity index (χ1v) is 9.92. The lowest BCUT2D eigenvalue weighted by atomic mass is 10.0. The van der Waals surface area contributed by atoms with Crippen LogP contribution in [0.3, 0.4) is 0 Å². The minimum atomic E-state index is 0.799. The fourth-order valence-corrected chi connectivity index (χ4v) is 2.84. The molecule has 1 heteroatoms. The summed E-state index contributed by atoms with van der Waals surface area (Å²) in [5.74, 6) is 0.799. The number of ether oxygens (including phenoxy) is 1. The molecule has 0 N–H and O–H groups in total. The molecule has 128 valence electrons. The highest BCUT2D eigenvalue weighted by molar-refractivity contribution is 4.56. The van der Waals surface area contributed by atoms with Gasteiger partial charge in [-0.15, -0.1) is 0 Å². The molecule has 0 rings (SSSR count). The van der Waals surface area contributed by atoms with Gasteiger partial charge in [0, 0.05) is 13.2 Å². The fourth-order valence-electron chi connectivity index (χ4n) is 2.84. The largest absolute Gasteiger partial charge is 0.381 e. The summed E-state index contributed by atoms with van der Waals surface area (Å²) in [5.41, 5.74) is 0. The summed E-state index contributed by atoms with van der Waals surface area (Å²) in [7, 11) is 0. The molecule has 0 aromatic rings. The van der Waals surface area contributed by atoms with E-state index in [1.54, 1.807) is 0 Å². The monoisotopic (exact) mass is 298 g/mol. The van der Waals surface area contributed by atoms with E-state index >= 15 is 0 Å². The Hall–Kier alpha value is -0.0400. The lowest BCUT2D eigenvalue weighted by Crippen LogP contribution is -2.09. The smallest absolute Gasteiger partial charge is 0.0494 e. The molecule has 0 bridgehead atoms. The summed E-state index contributed by atoms with van der Waals surface area (Å²) in [5, 5.41) is 0. The van der Waals surface area contributed by atoms with E-state index in [-0.39, 0.29) is 0 Å². The number of rotatable bonds is 17. The van der Waals surface area contributed by atoms with Crippen LogP contribution >= 0.6 is 0 Å². The van der Waals surface area contributed by atoms with E-state index in [1.165, 1.54) is 89.9 Å². The van der Waals surface area contributed by atoms with Crippen LogP contribution in [0, 0.1) is 5.92 Å². The summed E-state index contributed by atoms with van der Waals surface area (Å²) >= 11 is 0. The molecule has 21 heavy (non-hydrogen) atoms. The molecule has 0 aromatic carbocycles. The SMILES string of the molecule is CCCCCCCCCCCCOCC(CC)CCCC. The predicted octanol–water partition coefficient (Wildman–Crippen LogP) is 7.14. The van der Waals surface area contributed by atoms with Crippen molar-refractivity contribution in [1.29, 1.82) is 0 Å². The molecule has 0 fully saturated rings. The van der Waals surface area contributed by atoms with Crippen LogP contribution in [0.1, 0.15) is 111 Å². The molecule has 0 amide bonds. The lowest BCUT2D eigenvalue weighted by Gasteiger charge is -2.14. The van der Waals surface area contributed by atoms with Crippen LogP contribution in [-0.4, -0.2) is 13.2 Å². The highest BCUT2D eigenvalue weighted by Crippen LogP contribution is 2.14. The lowest BCUT2D eigenvalue weighted by molar-refractivity contribution is 0.0908. The Morgan fingerprint density at radius 2 is 1.14 bits per heavy atom. The van der Waals surface area contributed by atoms with E-state index in [0.29, 0.717) is 0 Å². The number of hydrogen-bond acceptors (Lipinski definition) is 1. The quantitative estimate of drug-likeness (QED) is 0.259. The van der Waals surface area contributed by atoms with Crippen molar-refractivity contribution in [3.8, 4) is 0 Å². The maximum absolute atomic E-state index is 5.86. The van der Waals surface area contributed by atoms with Crippen LogP contribution in [0.4, 0.5) is 0 Å². The highest BCUT2D eigenvalue weighted by atomic mass is 16.5. The minimum absolute atomic E-state index is 0.799. The summed E-state index contributed by atoms with van der Waals surface area (Å²) in [6, 6.07) is 0. The van der Waals surface area contributed by atoms with Gasteiger partial charge in [-0.25, -0.2) is 0 Å². The van der Waals surface area contributed by atoms with Crippen LogP contribution in [0.2, 0.25) is 0 Å². The molecule has 1 unspecified atom stereocenters. The topological polar surface area (TPSA) is 9.23 Å². The van der Waals surface area contributed by atoms with E-state index in [2.05, 4.69) is 20.8 Å². The van der Waals surface area contributed by atoms with Gasteiger partial charge in [0.2, 0.25) is 0 Å². The second kappa shape index (κ2) is 18.0. The Labute approximate surface area is 135 Å². The average Bonchev–Trinajstić information content (AvgIpc) is 2.51. The Bertz CT molecular complexity index is 179. The van der Waals surface area contributed by atoms with Gasteiger partial charge in [0.15, 0.2) is 0 Å². The molecule has 0 aliphatic heterocycles. The zero-order valence-corrected chi connectivity index (χ0v) is 15.3. The van der Waals surface area contributed by atoms with E-state index in [4.69, 9.17) is 4.74 Å². The standard InChI is InChI=1S/C20H42O/c1-4-7-9-10-11-12-13-14-15-16-18-21-19-20(6-3)17-8-5-2/h20H,4-19H2,1-3H3. The zero-order valence-electron chi connectivity index (χ0n) is 15.3. The molecule has 0 saturated carbocycles. The van der Waals surface area contributed by atoms with E-state index in [9.17, 15) is 0 Å². The molecule has 0 radical (unpaired) electrons. The minimum Gasteiger partial charge on any atom is -0.381 e. The van der Waals surface area contributed by atoms with Gasteiger partial charge in [0.05, 0.1) is 0 Å². The summed E-state index contributed by atoms with van der Waals surface area (Å²) < 4.78 is 5.86. The van der Waals surface area contributed by atoms with Gasteiger partial charge in [-0.1, -0.05) is 97.8 Å². The molecule has 0 aliphatic carbocycles. The fraction of sp³-hybridized carbons (Fsp3) is 1.00. The van der Waals surface area contributed by atoms with Gasteiger partial charge < -0.3 is 4.74 Å². The van der Waals surface area contributed by atoms with E-state index < -0.39 is 0 Å². The van der Waals surface area contributed by atoms with Gasteiger partial charge in [-0.05, 0) is 18.8 Å². The van der Waals surface area contributed by atoms with Crippen LogP contribution in [0.25, 0.3) is 0 Å². The Balaban J connectivity index is 3.14. The van der Waals surface area contributed by atoms with Crippen LogP contribution in [-0.2, 0) is 4.74 Å². The van der Waals surface area contributed by atoms with Gasteiger partial charge in [0.25, 0.3) is 0 Å². The van der Waals surface area contributed by atoms with Crippen molar-refractivity contribution in [2.45, 2.75) is 111 Å². The first kappa shape index (κ1) is 21.0. The van der Waals surface area contributed by atoms with Crippen molar-refractivity contribution in [1.82, 2.24) is 0 Å².